The van der Waals surface area contributed by atoms with Gasteiger partial charge in [0.25, 0.3) is 5.91 Å². The van der Waals surface area contributed by atoms with Crippen molar-refractivity contribution in [2.45, 2.75) is 32.9 Å². The van der Waals surface area contributed by atoms with E-state index in [1.165, 1.54) is 0 Å². The number of nitrogens with zero attached hydrogens (tertiary/aromatic N) is 2. The van der Waals surface area contributed by atoms with Crippen molar-refractivity contribution >= 4 is 17.2 Å². The summed E-state index contributed by atoms with van der Waals surface area (Å²) in [4.78, 5) is 20.8. The van der Waals surface area contributed by atoms with Crippen LogP contribution in [0.1, 0.15) is 29.3 Å². The van der Waals surface area contributed by atoms with Crippen LogP contribution in [0.2, 0.25) is 0 Å². The summed E-state index contributed by atoms with van der Waals surface area (Å²) in [6.45, 7) is 7.07. The minimum absolute atomic E-state index is 0.00573. The van der Waals surface area contributed by atoms with Gasteiger partial charge in [0.05, 0.1) is 15.9 Å². The minimum atomic E-state index is -0.00573. The first-order chi connectivity index (χ1) is 11.5. The summed E-state index contributed by atoms with van der Waals surface area (Å²) in [6.07, 6.45) is 0. The van der Waals surface area contributed by atoms with Gasteiger partial charge in [-0.25, -0.2) is 4.98 Å². The smallest absolute Gasteiger partial charge is 0.274 e. The van der Waals surface area contributed by atoms with Crippen molar-refractivity contribution in [3.63, 3.8) is 0 Å². The van der Waals surface area contributed by atoms with Crippen molar-refractivity contribution in [3.8, 4) is 10.4 Å². The monoisotopic (exact) mass is 341 g/mol. The van der Waals surface area contributed by atoms with Gasteiger partial charge in [0.1, 0.15) is 5.69 Å². The number of benzene rings is 1. The molecule has 0 bridgehead atoms. The summed E-state index contributed by atoms with van der Waals surface area (Å²) in [5.74, 6) is 1.91. The number of rotatable bonds is 3. The predicted molar refractivity (Wildman–Crippen MR) is 96.9 cm³/mol. The van der Waals surface area contributed by atoms with Gasteiger partial charge in [0.2, 0.25) is 0 Å². The van der Waals surface area contributed by atoms with Crippen molar-refractivity contribution in [1.82, 2.24) is 9.88 Å². The first-order valence-electron chi connectivity index (χ1n) is 8.58. The van der Waals surface area contributed by atoms with E-state index in [1.54, 1.807) is 11.3 Å². The summed E-state index contributed by atoms with van der Waals surface area (Å²) in [6, 6.07) is 10.2. The van der Waals surface area contributed by atoms with E-state index < -0.39 is 0 Å². The SMILES string of the molecule is Cc1nc(C(=O)N2CC3C(C)C3C2C(C)N)c(-c2ccccc2)s1. The van der Waals surface area contributed by atoms with Crippen molar-refractivity contribution in [1.29, 1.82) is 0 Å². The summed E-state index contributed by atoms with van der Waals surface area (Å²) in [7, 11) is 0. The van der Waals surface area contributed by atoms with E-state index in [0.29, 0.717) is 23.4 Å². The van der Waals surface area contributed by atoms with E-state index in [1.807, 2.05) is 49.1 Å². The van der Waals surface area contributed by atoms with Crippen molar-refractivity contribution in [2.75, 3.05) is 6.54 Å². The highest BCUT2D eigenvalue weighted by Gasteiger charge is 2.60. The summed E-state index contributed by atoms with van der Waals surface area (Å²) < 4.78 is 0. The van der Waals surface area contributed by atoms with Gasteiger partial charge in [0, 0.05) is 12.6 Å². The fourth-order valence-electron chi connectivity index (χ4n) is 4.33. The zero-order valence-electron chi connectivity index (χ0n) is 14.3. The number of hydrogen-bond acceptors (Lipinski definition) is 4. The Morgan fingerprint density at radius 3 is 2.75 bits per heavy atom. The van der Waals surface area contributed by atoms with Gasteiger partial charge in [-0.05, 0) is 37.2 Å². The second-order valence-corrected chi connectivity index (χ2v) is 8.39. The number of piperidine rings is 1. The second kappa shape index (κ2) is 5.67. The Bertz CT molecular complexity index is 770. The molecule has 0 radical (unpaired) electrons. The lowest BCUT2D eigenvalue weighted by atomic mass is 10.0. The van der Waals surface area contributed by atoms with Crippen LogP contribution in [-0.2, 0) is 0 Å². The maximum Gasteiger partial charge on any atom is 0.274 e. The van der Waals surface area contributed by atoms with Crippen LogP contribution in [0.25, 0.3) is 10.4 Å². The highest BCUT2D eigenvalue weighted by atomic mass is 32.1. The molecule has 126 valence electrons. The number of carbonyl (C=O) groups excluding carboxylic acids is 1. The first kappa shape index (κ1) is 15.8. The Morgan fingerprint density at radius 1 is 1.38 bits per heavy atom. The average Bonchev–Trinajstić information content (AvgIpc) is 2.95. The van der Waals surface area contributed by atoms with Gasteiger partial charge in [0.15, 0.2) is 0 Å². The van der Waals surface area contributed by atoms with E-state index in [0.717, 1.165) is 22.0 Å². The standard InChI is InChI=1S/C19H23N3OS/c1-10-14-9-22(17(11(2)20)15(10)14)19(23)16-18(24-12(3)21-16)13-7-5-4-6-8-13/h4-8,10-11,14-15,17H,9,20H2,1-3H3. The molecule has 1 saturated heterocycles. The lowest BCUT2D eigenvalue weighted by Gasteiger charge is -2.31. The van der Waals surface area contributed by atoms with E-state index >= 15 is 0 Å². The second-order valence-electron chi connectivity index (χ2n) is 7.18. The maximum atomic E-state index is 13.3. The van der Waals surface area contributed by atoms with Crippen LogP contribution in [0.4, 0.5) is 0 Å². The number of thiazole rings is 1. The molecule has 24 heavy (non-hydrogen) atoms. The third-order valence-corrected chi connectivity index (χ3v) is 6.59. The molecule has 1 aliphatic carbocycles. The number of amides is 1. The normalized spacial score (nSPS) is 29.4. The quantitative estimate of drug-likeness (QED) is 0.933. The maximum absolute atomic E-state index is 13.3. The van der Waals surface area contributed by atoms with Crippen LogP contribution < -0.4 is 5.73 Å². The van der Waals surface area contributed by atoms with Gasteiger partial charge < -0.3 is 10.6 Å². The highest BCUT2D eigenvalue weighted by molar-refractivity contribution is 7.15. The lowest BCUT2D eigenvalue weighted by Crippen LogP contribution is -2.48. The number of hydrogen-bond donors (Lipinski definition) is 1. The molecule has 5 atom stereocenters. The molecule has 0 spiro atoms. The summed E-state index contributed by atoms with van der Waals surface area (Å²) >= 11 is 1.59. The van der Waals surface area contributed by atoms with Crippen LogP contribution in [-0.4, -0.2) is 34.4 Å². The molecule has 1 amide bonds. The van der Waals surface area contributed by atoms with Gasteiger partial charge in [-0.15, -0.1) is 11.3 Å². The zero-order chi connectivity index (χ0) is 17.0. The summed E-state index contributed by atoms with van der Waals surface area (Å²) in [5.41, 5.74) is 7.87. The van der Waals surface area contributed by atoms with Crippen LogP contribution in [0.3, 0.4) is 0 Å². The molecule has 2 aromatic rings. The number of aryl methyl sites for hydroxylation is 1. The predicted octanol–water partition coefficient (Wildman–Crippen LogP) is 3.17. The molecule has 4 rings (SSSR count). The molecule has 2 N–H and O–H groups in total. The molecular formula is C19H23N3OS. The molecule has 2 aliphatic rings. The largest absolute Gasteiger partial charge is 0.332 e. The average molecular weight is 341 g/mol. The van der Waals surface area contributed by atoms with Crippen molar-refractivity contribution in [3.05, 3.63) is 41.0 Å². The number of likely N-dealkylation sites (tertiary alicyclic amines) is 1. The molecule has 2 fully saturated rings. The number of carbonyl (C=O) groups is 1. The fraction of sp³-hybridized carbons (Fsp3) is 0.474. The van der Waals surface area contributed by atoms with Crippen molar-refractivity contribution < 1.29 is 4.79 Å². The Kier molecular flexibility index (Phi) is 3.73. The molecule has 2 heterocycles. The number of fused-ring (bicyclic) bond motifs is 1. The molecule has 4 nitrogen and oxygen atoms in total. The topological polar surface area (TPSA) is 59.2 Å². The van der Waals surface area contributed by atoms with Gasteiger partial charge in [-0.1, -0.05) is 37.3 Å². The van der Waals surface area contributed by atoms with Gasteiger partial charge in [-0.2, -0.15) is 0 Å². The Balaban J connectivity index is 1.69. The Morgan fingerprint density at radius 2 is 2.08 bits per heavy atom. The van der Waals surface area contributed by atoms with Crippen LogP contribution in [0.15, 0.2) is 30.3 Å². The van der Waals surface area contributed by atoms with Crippen molar-refractivity contribution in [2.24, 2.45) is 23.5 Å². The Hall–Kier alpha value is -1.72. The molecular weight excluding hydrogens is 318 g/mol. The molecule has 1 aromatic carbocycles. The molecule has 1 aliphatic heterocycles. The fourth-order valence-corrected chi connectivity index (χ4v) is 5.25. The van der Waals surface area contributed by atoms with Crippen LogP contribution >= 0.6 is 11.3 Å². The lowest BCUT2D eigenvalue weighted by molar-refractivity contribution is 0.0670. The van der Waals surface area contributed by atoms with E-state index in [9.17, 15) is 4.79 Å². The van der Waals surface area contributed by atoms with E-state index in [2.05, 4.69) is 11.9 Å². The van der Waals surface area contributed by atoms with Gasteiger partial charge >= 0.3 is 0 Å². The van der Waals surface area contributed by atoms with Crippen LogP contribution in [0, 0.1) is 24.7 Å². The number of nitrogens with two attached hydrogens (primary N) is 1. The molecule has 1 aromatic heterocycles. The van der Waals surface area contributed by atoms with Gasteiger partial charge in [-0.3, -0.25) is 4.79 Å². The third-order valence-electron chi connectivity index (χ3n) is 5.57. The molecule has 5 heteroatoms. The van der Waals surface area contributed by atoms with Crippen LogP contribution in [0.5, 0.6) is 0 Å². The number of aromatic nitrogens is 1. The zero-order valence-corrected chi connectivity index (χ0v) is 15.1. The molecule has 5 unspecified atom stereocenters. The van der Waals surface area contributed by atoms with E-state index in [-0.39, 0.29) is 18.0 Å². The molecule has 1 saturated carbocycles. The minimum Gasteiger partial charge on any atom is -0.332 e. The third kappa shape index (κ3) is 2.38. The first-order valence-corrected chi connectivity index (χ1v) is 9.40. The summed E-state index contributed by atoms with van der Waals surface area (Å²) in [5, 5.41) is 0.923. The Labute approximate surface area is 146 Å². The van der Waals surface area contributed by atoms with E-state index in [4.69, 9.17) is 5.73 Å². The highest BCUT2D eigenvalue weighted by Crippen LogP contribution is 2.56.